The maximum atomic E-state index is 3.90. The van der Waals surface area contributed by atoms with E-state index in [4.69, 9.17) is 0 Å². The van der Waals surface area contributed by atoms with Gasteiger partial charge in [0.15, 0.2) is 0 Å². The zero-order valence-corrected chi connectivity index (χ0v) is 9.37. The second-order valence-corrected chi connectivity index (χ2v) is 5.15. The van der Waals surface area contributed by atoms with Gasteiger partial charge in [-0.2, -0.15) is 0 Å². The van der Waals surface area contributed by atoms with Gasteiger partial charge in [0, 0.05) is 24.7 Å². The first-order valence-corrected chi connectivity index (χ1v) is 5.85. The molecule has 1 aromatic rings. The highest BCUT2D eigenvalue weighted by Crippen LogP contribution is 2.45. The van der Waals surface area contributed by atoms with Crippen LogP contribution in [0.5, 0.6) is 0 Å². The molecule has 4 heteroatoms. The Morgan fingerprint density at radius 1 is 1.20 bits per heavy atom. The van der Waals surface area contributed by atoms with E-state index in [0.29, 0.717) is 12.1 Å². The summed E-state index contributed by atoms with van der Waals surface area (Å²) < 4.78 is 2.20. The molecule has 3 atom stereocenters. The predicted molar refractivity (Wildman–Crippen MR) is 57.4 cm³/mol. The molecule has 1 aliphatic heterocycles. The fourth-order valence-corrected chi connectivity index (χ4v) is 3.34. The molecule has 0 spiro atoms. The Labute approximate surface area is 90.3 Å². The molecular weight excluding hydrogens is 188 g/mol. The Kier molecular flexibility index (Phi) is 2.06. The number of piperidine rings is 1. The Morgan fingerprint density at radius 3 is 2.47 bits per heavy atom. The lowest BCUT2D eigenvalue weighted by Gasteiger charge is -2.34. The van der Waals surface area contributed by atoms with Crippen molar-refractivity contribution >= 4 is 0 Å². The number of likely N-dealkylation sites (tertiary alicyclic amines) is 1. The Hall–Kier alpha value is -0.900. The van der Waals surface area contributed by atoms with Gasteiger partial charge < -0.3 is 4.57 Å². The van der Waals surface area contributed by atoms with Crippen molar-refractivity contribution in [2.75, 3.05) is 6.54 Å². The van der Waals surface area contributed by atoms with Crippen molar-refractivity contribution in [1.82, 2.24) is 19.7 Å². The minimum atomic E-state index is 0.653. The van der Waals surface area contributed by atoms with Crippen LogP contribution in [0.3, 0.4) is 0 Å². The van der Waals surface area contributed by atoms with Gasteiger partial charge in [0.1, 0.15) is 12.7 Å². The van der Waals surface area contributed by atoms with Crippen LogP contribution in [-0.4, -0.2) is 38.3 Å². The van der Waals surface area contributed by atoms with Crippen LogP contribution >= 0.6 is 0 Å². The summed E-state index contributed by atoms with van der Waals surface area (Å²) in [5.74, 6) is 0.813. The molecule has 82 valence electrons. The number of hydrogen-bond donors (Lipinski definition) is 0. The van der Waals surface area contributed by atoms with Gasteiger partial charge in [-0.05, 0) is 32.6 Å². The molecule has 2 heterocycles. The zero-order chi connectivity index (χ0) is 10.4. The molecule has 1 aromatic heterocycles. The van der Waals surface area contributed by atoms with E-state index in [1.807, 2.05) is 12.7 Å². The standard InChI is InChI=1S/C11H18N4/c1-8(2)15-5-9-3-10(15)4-11(9)14-6-12-13-7-14/h6-11H,3-5H2,1-2H3. The highest BCUT2D eigenvalue weighted by atomic mass is 15.3. The van der Waals surface area contributed by atoms with E-state index in [1.165, 1.54) is 19.4 Å². The number of hydrogen-bond acceptors (Lipinski definition) is 3. The average molecular weight is 206 g/mol. The summed E-state index contributed by atoms with van der Waals surface area (Å²) in [6.07, 6.45) is 6.37. The average Bonchev–Trinajstić information content (AvgIpc) is 2.92. The topological polar surface area (TPSA) is 34.0 Å². The van der Waals surface area contributed by atoms with Crippen molar-refractivity contribution in [2.24, 2.45) is 5.92 Å². The van der Waals surface area contributed by atoms with Gasteiger partial charge in [-0.25, -0.2) is 0 Å². The molecule has 2 fully saturated rings. The Morgan fingerprint density at radius 2 is 1.93 bits per heavy atom. The molecule has 2 aliphatic rings. The van der Waals surface area contributed by atoms with Crippen molar-refractivity contribution in [3.63, 3.8) is 0 Å². The van der Waals surface area contributed by atoms with E-state index in [0.717, 1.165) is 12.0 Å². The maximum Gasteiger partial charge on any atom is 0.119 e. The van der Waals surface area contributed by atoms with Crippen molar-refractivity contribution in [2.45, 2.75) is 44.8 Å². The molecule has 15 heavy (non-hydrogen) atoms. The minimum Gasteiger partial charge on any atom is -0.317 e. The summed E-state index contributed by atoms with van der Waals surface area (Å²) in [6.45, 7) is 5.86. The van der Waals surface area contributed by atoms with E-state index >= 15 is 0 Å². The molecule has 1 saturated carbocycles. The molecule has 3 rings (SSSR count). The van der Waals surface area contributed by atoms with Crippen molar-refractivity contribution in [1.29, 1.82) is 0 Å². The minimum absolute atomic E-state index is 0.653. The summed E-state index contributed by atoms with van der Waals surface area (Å²) in [5, 5.41) is 7.81. The lowest BCUT2D eigenvalue weighted by molar-refractivity contribution is 0.141. The van der Waals surface area contributed by atoms with E-state index < -0.39 is 0 Å². The summed E-state index contributed by atoms with van der Waals surface area (Å²) >= 11 is 0. The normalized spacial score (nSPS) is 35.5. The number of rotatable bonds is 2. The van der Waals surface area contributed by atoms with Crippen LogP contribution in [0.4, 0.5) is 0 Å². The summed E-state index contributed by atoms with van der Waals surface area (Å²) in [4.78, 5) is 2.64. The lowest BCUT2D eigenvalue weighted by Crippen LogP contribution is -2.40. The van der Waals surface area contributed by atoms with Gasteiger partial charge in [0.2, 0.25) is 0 Å². The third-order valence-corrected chi connectivity index (χ3v) is 4.03. The number of nitrogens with zero attached hydrogens (tertiary/aromatic N) is 4. The SMILES string of the molecule is CC(C)N1CC2CC1CC2n1cnnc1. The highest BCUT2D eigenvalue weighted by Gasteiger charge is 2.45. The predicted octanol–water partition coefficient (Wildman–Crippen LogP) is 1.32. The van der Waals surface area contributed by atoms with Crippen LogP contribution in [0.1, 0.15) is 32.7 Å². The Bertz CT molecular complexity index is 332. The van der Waals surface area contributed by atoms with Gasteiger partial charge in [0.05, 0.1) is 0 Å². The number of fused-ring (bicyclic) bond motifs is 2. The first-order chi connectivity index (χ1) is 7.25. The van der Waals surface area contributed by atoms with Crippen molar-refractivity contribution in [3.05, 3.63) is 12.7 Å². The Balaban J connectivity index is 1.75. The quantitative estimate of drug-likeness (QED) is 0.732. The van der Waals surface area contributed by atoms with Crippen molar-refractivity contribution < 1.29 is 0 Å². The van der Waals surface area contributed by atoms with Crippen LogP contribution in [-0.2, 0) is 0 Å². The van der Waals surface area contributed by atoms with Gasteiger partial charge >= 0.3 is 0 Å². The summed E-state index contributed by atoms with van der Waals surface area (Å²) in [6, 6.07) is 2.14. The van der Waals surface area contributed by atoms with E-state index in [2.05, 4.69) is 33.5 Å². The molecule has 0 N–H and O–H groups in total. The molecular formula is C11H18N4. The van der Waals surface area contributed by atoms with Crippen LogP contribution < -0.4 is 0 Å². The van der Waals surface area contributed by atoms with Gasteiger partial charge in [0.25, 0.3) is 0 Å². The van der Waals surface area contributed by atoms with Gasteiger partial charge in [-0.3, -0.25) is 4.90 Å². The summed E-state index contributed by atoms with van der Waals surface area (Å²) in [5.41, 5.74) is 0. The van der Waals surface area contributed by atoms with Crippen LogP contribution in [0.15, 0.2) is 12.7 Å². The van der Waals surface area contributed by atoms with E-state index in [1.54, 1.807) is 0 Å². The molecule has 4 nitrogen and oxygen atoms in total. The van der Waals surface area contributed by atoms with E-state index in [-0.39, 0.29) is 0 Å². The third-order valence-electron chi connectivity index (χ3n) is 4.03. The van der Waals surface area contributed by atoms with Gasteiger partial charge in [-0.15, -0.1) is 10.2 Å². The zero-order valence-electron chi connectivity index (χ0n) is 9.37. The monoisotopic (exact) mass is 206 g/mol. The van der Waals surface area contributed by atoms with E-state index in [9.17, 15) is 0 Å². The second kappa shape index (κ2) is 3.30. The second-order valence-electron chi connectivity index (χ2n) is 5.15. The highest BCUT2D eigenvalue weighted by molar-refractivity contribution is 5.01. The largest absolute Gasteiger partial charge is 0.317 e. The van der Waals surface area contributed by atoms with Crippen LogP contribution in [0.2, 0.25) is 0 Å². The first-order valence-electron chi connectivity index (χ1n) is 5.85. The molecule has 0 amide bonds. The number of aromatic nitrogens is 3. The molecule has 3 unspecified atom stereocenters. The van der Waals surface area contributed by atoms with Crippen LogP contribution in [0.25, 0.3) is 0 Å². The van der Waals surface area contributed by atoms with Crippen LogP contribution in [0, 0.1) is 5.92 Å². The third kappa shape index (κ3) is 1.39. The molecule has 1 saturated heterocycles. The fraction of sp³-hybridized carbons (Fsp3) is 0.818. The smallest absolute Gasteiger partial charge is 0.119 e. The maximum absolute atomic E-state index is 3.90. The molecule has 2 bridgehead atoms. The molecule has 0 radical (unpaired) electrons. The van der Waals surface area contributed by atoms with Gasteiger partial charge in [-0.1, -0.05) is 0 Å². The molecule has 0 aromatic carbocycles. The fourth-order valence-electron chi connectivity index (χ4n) is 3.34. The molecule has 1 aliphatic carbocycles. The lowest BCUT2D eigenvalue weighted by atomic mass is 10.0. The first kappa shape index (κ1) is 9.33. The van der Waals surface area contributed by atoms with Crippen molar-refractivity contribution in [3.8, 4) is 0 Å². The summed E-state index contributed by atoms with van der Waals surface area (Å²) in [7, 11) is 0.